The maximum Gasteiger partial charge on any atom is 0.164 e. The van der Waals surface area contributed by atoms with E-state index in [-0.39, 0.29) is 0 Å². The van der Waals surface area contributed by atoms with E-state index in [0.29, 0.717) is 17.5 Å². The van der Waals surface area contributed by atoms with Gasteiger partial charge in [-0.15, -0.1) is 0 Å². The fourth-order valence-corrected chi connectivity index (χ4v) is 8.19. The Hall–Kier alpha value is -7.37. The summed E-state index contributed by atoms with van der Waals surface area (Å²) < 4.78 is 4.86. The highest BCUT2D eigenvalue weighted by Crippen LogP contribution is 2.41. The number of hydrogen-bond acceptors (Lipinski definition) is 3. The lowest BCUT2D eigenvalue weighted by Crippen LogP contribution is -2.02. The van der Waals surface area contributed by atoms with Crippen LogP contribution in [0.15, 0.2) is 182 Å². The van der Waals surface area contributed by atoms with Gasteiger partial charge in [0.25, 0.3) is 0 Å². The van der Waals surface area contributed by atoms with Crippen LogP contribution >= 0.6 is 0 Å². The second-order valence-corrected chi connectivity index (χ2v) is 14.2. The first kappa shape index (κ1) is 31.2. The molecule has 0 saturated heterocycles. The number of aromatic nitrogens is 5. The van der Waals surface area contributed by atoms with E-state index in [2.05, 4.69) is 168 Å². The van der Waals surface area contributed by atoms with E-state index < -0.39 is 0 Å². The minimum atomic E-state index is 0.631. The standard InChI is InChI=1S/C50H33N5/c1-32-22-24-35(25-23-32)49-51-48(34-13-3-2-4-14-34)52-50(53-49)37-27-29-41-39-16-7-10-20-44(39)55(46(41)31-37)45-21-11-18-42-40-17-8-9-19-43(40)54(47(42)45)38-28-26-33-12-5-6-15-36(33)30-38/h2-31H,1H3. The Kier molecular flexibility index (Phi) is 7.01. The van der Waals surface area contributed by atoms with Gasteiger partial charge in [0.15, 0.2) is 17.5 Å². The van der Waals surface area contributed by atoms with Crippen molar-refractivity contribution in [3.8, 4) is 45.5 Å². The summed E-state index contributed by atoms with van der Waals surface area (Å²) in [6.45, 7) is 2.09. The molecule has 0 bridgehead atoms. The maximum atomic E-state index is 5.11. The minimum absolute atomic E-state index is 0.631. The molecule has 55 heavy (non-hydrogen) atoms. The number of para-hydroxylation sites is 3. The minimum Gasteiger partial charge on any atom is -0.307 e. The second-order valence-electron chi connectivity index (χ2n) is 14.2. The highest BCUT2D eigenvalue weighted by Gasteiger charge is 2.21. The lowest BCUT2D eigenvalue weighted by Gasteiger charge is -2.15. The summed E-state index contributed by atoms with van der Waals surface area (Å²) in [5.41, 5.74) is 10.8. The molecule has 3 aromatic heterocycles. The molecular weight excluding hydrogens is 671 g/mol. The molecule has 8 aromatic carbocycles. The number of rotatable bonds is 5. The molecule has 11 rings (SSSR count). The summed E-state index contributed by atoms with van der Waals surface area (Å²) in [5.74, 6) is 1.92. The number of aryl methyl sites for hydroxylation is 1. The lowest BCUT2D eigenvalue weighted by molar-refractivity contribution is 1.07. The Morgan fingerprint density at radius 2 is 0.927 bits per heavy atom. The molecule has 5 heteroatoms. The Morgan fingerprint density at radius 3 is 1.69 bits per heavy atom. The average molecular weight is 704 g/mol. The number of benzene rings is 8. The highest BCUT2D eigenvalue weighted by molar-refractivity contribution is 6.15. The molecule has 0 saturated carbocycles. The molecule has 0 unspecified atom stereocenters. The quantitative estimate of drug-likeness (QED) is 0.179. The van der Waals surface area contributed by atoms with E-state index >= 15 is 0 Å². The normalized spacial score (nSPS) is 11.7. The van der Waals surface area contributed by atoms with Crippen molar-refractivity contribution in [3.05, 3.63) is 188 Å². The molecule has 0 aliphatic carbocycles. The smallest absolute Gasteiger partial charge is 0.164 e. The predicted molar refractivity (Wildman–Crippen MR) is 227 cm³/mol. The van der Waals surface area contributed by atoms with Gasteiger partial charge in [-0.3, -0.25) is 0 Å². The van der Waals surface area contributed by atoms with Gasteiger partial charge in [0.1, 0.15) is 0 Å². The monoisotopic (exact) mass is 703 g/mol. The van der Waals surface area contributed by atoms with Gasteiger partial charge in [0.05, 0.1) is 27.8 Å². The van der Waals surface area contributed by atoms with E-state index in [1.165, 1.54) is 43.4 Å². The van der Waals surface area contributed by atoms with Gasteiger partial charge in [-0.25, -0.2) is 15.0 Å². The zero-order chi connectivity index (χ0) is 36.5. The molecule has 0 atom stereocenters. The van der Waals surface area contributed by atoms with Crippen molar-refractivity contribution in [3.63, 3.8) is 0 Å². The van der Waals surface area contributed by atoms with Crippen molar-refractivity contribution in [2.24, 2.45) is 0 Å². The fraction of sp³-hybridized carbons (Fsp3) is 0.0200. The van der Waals surface area contributed by atoms with Crippen LogP contribution in [0.2, 0.25) is 0 Å². The molecule has 0 fully saturated rings. The van der Waals surface area contributed by atoms with Crippen LogP contribution in [-0.2, 0) is 0 Å². The van der Waals surface area contributed by atoms with Crippen LogP contribution < -0.4 is 0 Å². The van der Waals surface area contributed by atoms with Crippen molar-refractivity contribution in [2.75, 3.05) is 0 Å². The molecule has 258 valence electrons. The number of hydrogen-bond donors (Lipinski definition) is 0. The van der Waals surface area contributed by atoms with Gasteiger partial charge < -0.3 is 9.13 Å². The number of nitrogens with zero attached hydrogens (tertiary/aromatic N) is 5. The van der Waals surface area contributed by atoms with Crippen LogP contribution in [0.1, 0.15) is 5.56 Å². The van der Waals surface area contributed by atoms with Crippen LogP contribution in [0, 0.1) is 6.92 Å². The first-order valence-electron chi connectivity index (χ1n) is 18.6. The summed E-state index contributed by atoms with van der Waals surface area (Å²) in [7, 11) is 0. The third-order valence-corrected chi connectivity index (χ3v) is 10.8. The average Bonchev–Trinajstić information content (AvgIpc) is 3.77. The van der Waals surface area contributed by atoms with Crippen molar-refractivity contribution >= 4 is 54.4 Å². The molecule has 5 nitrogen and oxygen atoms in total. The van der Waals surface area contributed by atoms with Crippen molar-refractivity contribution in [2.45, 2.75) is 6.92 Å². The predicted octanol–water partition coefficient (Wildman–Crippen LogP) is 12.5. The van der Waals surface area contributed by atoms with Crippen LogP contribution in [0.5, 0.6) is 0 Å². The molecule has 11 aromatic rings. The zero-order valence-electron chi connectivity index (χ0n) is 30.1. The Labute approximate surface area is 317 Å². The zero-order valence-corrected chi connectivity index (χ0v) is 30.1. The maximum absolute atomic E-state index is 5.11. The molecule has 0 aliphatic heterocycles. The largest absolute Gasteiger partial charge is 0.307 e. The third kappa shape index (κ3) is 5.05. The van der Waals surface area contributed by atoms with Crippen LogP contribution in [0.3, 0.4) is 0 Å². The van der Waals surface area contributed by atoms with E-state index in [0.717, 1.165) is 44.6 Å². The molecule has 0 aliphatic rings. The molecule has 0 radical (unpaired) electrons. The highest BCUT2D eigenvalue weighted by atomic mass is 15.1. The van der Waals surface area contributed by atoms with Crippen LogP contribution in [0.25, 0.3) is 99.9 Å². The third-order valence-electron chi connectivity index (χ3n) is 10.8. The molecule has 0 N–H and O–H groups in total. The van der Waals surface area contributed by atoms with Crippen LogP contribution in [-0.4, -0.2) is 24.1 Å². The fourth-order valence-electron chi connectivity index (χ4n) is 8.19. The summed E-state index contributed by atoms with van der Waals surface area (Å²) >= 11 is 0. The molecule has 3 heterocycles. The topological polar surface area (TPSA) is 48.5 Å². The summed E-state index contributed by atoms with van der Waals surface area (Å²) in [4.78, 5) is 15.2. The van der Waals surface area contributed by atoms with E-state index in [1.54, 1.807) is 0 Å². The van der Waals surface area contributed by atoms with Gasteiger partial charge in [-0.1, -0.05) is 151 Å². The Balaban J connectivity index is 1.19. The van der Waals surface area contributed by atoms with Gasteiger partial charge in [0.2, 0.25) is 0 Å². The van der Waals surface area contributed by atoms with Gasteiger partial charge in [-0.2, -0.15) is 0 Å². The summed E-state index contributed by atoms with van der Waals surface area (Å²) in [6.07, 6.45) is 0. The number of fused-ring (bicyclic) bond motifs is 7. The van der Waals surface area contributed by atoms with Gasteiger partial charge in [0, 0.05) is 43.9 Å². The van der Waals surface area contributed by atoms with Crippen LogP contribution in [0.4, 0.5) is 0 Å². The first-order chi connectivity index (χ1) is 27.2. The SMILES string of the molecule is Cc1ccc(-c2nc(-c3ccccc3)nc(-c3ccc4c5ccccc5n(-c5cccc6c7ccccc7n(-c7ccc8ccccc8c7)c56)c4c3)n2)cc1. The lowest BCUT2D eigenvalue weighted by atomic mass is 10.1. The Morgan fingerprint density at radius 1 is 0.364 bits per heavy atom. The summed E-state index contributed by atoms with van der Waals surface area (Å²) in [6, 6.07) is 64.6. The van der Waals surface area contributed by atoms with Crippen molar-refractivity contribution < 1.29 is 0 Å². The molecular formula is C50H33N5. The Bertz CT molecular complexity index is 3260. The van der Waals surface area contributed by atoms with E-state index in [1.807, 2.05) is 30.3 Å². The summed E-state index contributed by atoms with van der Waals surface area (Å²) in [5, 5.41) is 7.21. The first-order valence-corrected chi connectivity index (χ1v) is 18.6. The van der Waals surface area contributed by atoms with Crippen molar-refractivity contribution in [1.82, 2.24) is 24.1 Å². The van der Waals surface area contributed by atoms with Gasteiger partial charge in [-0.05, 0) is 54.1 Å². The van der Waals surface area contributed by atoms with Gasteiger partial charge >= 0.3 is 0 Å². The molecule has 0 amide bonds. The van der Waals surface area contributed by atoms with E-state index in [4.69, 9.17) is 15.0 Å². The molecule has 0 spiro atoms. The van der Waals surface area contributed by atoms with E-state index in [9.17, 15) is 0 Å². The van der Waals surface area contributed by atoms with Crippen molar-refractivity contribution in [1.29, 1.82) is 0 Å². The second kappa shape index (κ2) is 12.4.